The van der Waals surface area contributed by atoms with Gasteiger partial charge in [-0.1, -0.05) is 13.3 Å². The van der Waals surface area contributed by atoms with Gasteiger partial charge in [-0.3, -0.25) is 0 Å². The lowest BCUT2D eigenvalue weighted by Crippen LogP contribution is -2.37. The average Bonchev–Trinajstić information content (AvgIpc) is 2.01. The zero-order valence-electron chi connectivity index (χ0n) is 8.89. The minimum atomic E-state index is 0.478. The van der Waals surface area contributed by atoms with Gasteiger partial charge >= 0.3 is 0 Å². The molecule has 0 aromatic heterocycles. The molecule has 12 heavy (non-hydrogen) atoms. The average molecular weight is 173 g/mol. The zero-order chi connectivity index (χ0) is 9.40. The van der Waals surface area contributed by atoms with Gasteiger partial charge in [0.05, 0.1) is 6.61 Å². The van der Waals surface area contributed by atoms with E-state index in [4.69, 9.17) is 4.74 Å². The molecule has 1 N–H and O–H groups in total. The van der Waals surface area contributed by atoms with Gasteiger partial charge in [-0.15, -0.1) is 0 Å². The predicted molar refractivity (Wildman–Crippen MR) is 53.5 cm³/mol. The van der Waals surface area contributed by atoms with Crippen molar-refractivity contribution < 1.29 is 4.74 Å². The van der Waals surface area contributed by atoms with E-state index in [-0.39, 0.29) is 0 Å². The number of hydrogen-bond donors (Lipinski definition) is 1. The molecule has 0 saturated carbocycles. The smallest absolute Gasteiger partial charge is 0.0616 e. The molecule has 0 radical (unpaired) electrons. The molecule has 0 aromatic carbocycles. The van der Waals surface area contributed by atoms with Gasteiger partial charge in [-0.05, 0) is 27.2 Å². The van der Waals surface area contributed by atoms with Crippen LogP contribution in [0.5, 0.6) is 0 Å². The molecule has 0 amide bonds. The molecule has 0 spiro atoms. The highest BCUT2D eigenvalue weighted by Gasteiger charge is 2.05. The lowest BCUT2D eigenvalue weighted by molar-refractivity contribution is 0.123. The maximum absolute atomic E-state index is 5.31. The second-order valence-electron chi connectivity index (χ2n) is 3.42. The van der Waals surface area contributed by atoms with Gasteiger partial charge < -0.3 is 10.1 Å². The van der Waals surface area contributed by atoms with Crippen molar-refractivity contribution in [2.75, 3.05) is 13.2 Å². The molecule has 2 nitrogen and oxygen atoms in total. The monoisotopic (exact) mass is 173 g/mol. The maximum atomic E-state index is 5.31. The van der Waals surface area contributed by atoms with Crippen molar-refractivity contribution in [1.82, 2.24) is 5.32 Å². The third-order valence-corrected chi connectivity index (χ3v) is 1.86. The fraction of sp³-hybridized carbons (Fsp3) is 1.00. The summed E-state index contributed by atoms with van der Waals surface area (Å²) in [5.41, 5.74) is 0. The van der Waals surface area contributed by atoms with Crippen molar-refractivity contribution in [2.24, 2.45) is 0 Å². The van der Waals surface area contributed by atoms with Crippen LogP contribution in [-0.4, -0.2) is 25.3 Å². The molecule has 0 heterocycles. The molecule has 2 atom stereocenters. The highest BCUT2D eigenvalue weighted by atomic mass is 16.5. The predicted octanol–water partition coefficient (Wildman–Crippen LogP) is 2.19. The summed E-state index contributed by atoms with van der Waals surface area (Å²) in [5, 5.41) is 3.49. The highest BCUT2D eigenvalue weighted by Crippen LogP contribution is 1.96. The van der Waals surface area contributed by atoms with Crippen molar-refractivity contribution in [3.63, 3.8) is 0 Å². The molecule has 0 fully saturated rings. The van der Waals surface area contributed by atoms with E-state index in [9.17, 15) is 0 Å². The van der Waals surface area contributed by atoms with Gasteiger partial charge in [0.25, 0.3) is 0 Å². The van der Waals surface area contributed by atoms with E-state index in [1.807, 2.05) is 6.92 Å². The van der Waals surface area contributed by atoms with E-state index in [0.29, 0.717) is 12.1 Å². The Morgan fingerprint density at radius 3 is 2.33 bits per heavy atom. The van der Waals surface area contributed by atoms with E-state index >= 15 is 0 Å². The summed E-state index contributed by atoms with van der Waals surface area (Å²) >= 11 is 0. The van der Waals surface area contributed by atoms with Gasteiger partial charge in [0, 0.05) is 18.7 Å². The molecular weight excluding hydrogens is 150 g/mol. The SMILES string of the molecule is CCCC(C)NC(C)COCC. The van der Waals surface area contributed by atoms with Crippen LogP contribution in [0.2, 0.25) is 0 Å². The van der Waals surface area contributed by atoms with Crippen molar-refractivity contribution in [3.05, 3.63) is 0 Å². The van der Waals surface area contributed by atoms with Crippen LogP contribution in [0.4, 0.5) is 0 Å². The van der Waals surface area contributed by atoms with Crippen LogP contribution in [0, 0.1) is 0 Å². The molecule has 0 bridgehead atoms. The van der Waals surface area contributed by atoms with E-state index in [1.165, 1.54) is 12.8 Å². The zero-order valence-corrected chi connectivity index (χ0v) is 8.89. The van der Waals surface area contributed by atoms with Crippen LogP contribution in [-0.2, 0) is 4.74 Å². The Labute approximate surface area is 76.7 Å². The molecular formula is C10H23NO. The molecule has 0 saturated heterocycles. The quantitative estimate of drug-likeness (QED) is 0.637. The van der Waals surface area contributed by atoms with Crippen molar-refractivity contribution in [3.8, 4) is 0 Å². The van der Waals surface area contributed by atoms with Crippen molar-refractivity contribution in [1.29, 1.82) is 0 Å². The standard InChI is InChI=1S/C10H23NO/c1-5-7-9(3)11-10(4)8-12-6-2/h9-11H,5-8H2,1-4H3. The lowest BCUT2D eigenvalue weighted by atomic mass is 10.2. The number of nitrogens with one attached hydrogen (secondary N) is 1. The normalized spacial score (nSPS) is 16.0. The largest absolute Gasteiger partial charge is 0.380 e. The summed E-state index contributed by atoms with van der Waals surface area (Å²) < 4.78 is 5.31. The molecule has 0 rings (SSSR count). The molecule has 2 unspecified atom stereocenters. The molecule has 0 aliphatic rings. The van der Waals surface area contributed by atoms with Crippen LogP contribution in [0.25, 0.3) is 0 Å². The molecule has 0 aliphatic heterocycles. The Kier molecular flexibility index (Phi) is 7.51. The first-order valence-corrected chi connectivity index (χ1v) is 5.04. The first-order valence-electron chi connectivity index (χ1n) is 5.04. The van der Waals surface area contributed by atoms with Gasteiger partial charge in [-0.25, -0.2) is 0 Å². The summed E-state index contributed by atoms with van der Waals surface area (Å²) in [6, 6.07) is 1.09. The second kappa shape index (κ2) is 7.56. The molecule has 2 heteroatoms. The van der Waals surface area contributed by atoms with Gasteiger partial charge in [0.15, 0.2) is 0 Å². The fourth-order valence-electron chi connectivity index (χ4n) is 1.34. The Hall–Kier alpha value is -0.0800. The van der Waals surface area contributed by atoms with Crippen LogP contribution >= 0.6 is 0 Å². The first kappa shape index (κ1) is 11.9. The Morgan fingerprint density at radius 2 is 1.83 bits per heavy atom. The van der Waals surface area contributed by atoms with Gasteiger partial charge in [0.2, 0.25) is 0 Å². The molecule has 0 aliphatic carbocycles. The maximum Gasteiger partial charge on any atom is 0.0616 e. The second-order valence-corrected chi connectivity index (χ2v) is 3.42. The van der Waals surface area contributed by atoms with Crippen LogP contribution < -0.4 is 5.32 Å². The van der Waals surface area contributed by atoms with E-state index in [2.05, 4.69) is 26.1 Å². The third kappa shape index (κ3) is 6.62. The third-order valence-electron chi connectivity index (χ3n) is 1.86. The summed E-state index contributed by atoms with van der Waals surface area (Å²) in [6.45, 7) is 10.3. The van der Waals surface area contributed by atoms with Gasteiger partial charge in [0.1, 0.15) is 0 Å². The Bertz CT molecular complexity index is 95.8. The summed E-state index contributed by atoms with van der Waals surface area (Å²) in [7, 11) is 0. The fourth-order valence-corrected chi connectivity index (χ4v) is 1.34. The number of ether oxygens (including phenoxy) is 1. The minimum absolute atomic E-state index is 0.478. The van der Waals surface area contributed by atoms with Gasteiger partial charge in [-0.2, -0.15) is 0 Å². The highest BCUT2D eigenvalue weighted by molar-refractivity contribution is 4.66. The summed E-state index contributed by atoms with van der Waals surface area (Å²) in [4.78, 5) is 0. The first-order chi connectivity index (χ1) is 5.70. The summed E-state index contributed by atoms with van der Waals surface area (Å²) in [6.07, 6.45) is 2.49. The number of hydrogen-bond acceptors (Lipinski definition) is 2. The van der Waals surface area contributed by atoms with E-state index in [0.717, 1.165) is 13.2 Å². The molecule has 0 aromatic rings. The lowest BCUT2D eigenvalue weighted by Gasteiger charge is -2.19. The van der Waals surface area contributed by atoms with Crippen LogP contribution in [0.1, 0.15) is 40.5 Å². The number of rotatable bonds is 7. The van der Waals surface area contributed by atoms with Crippen molar-refractivity contribution >= 4 is 0 Å². The Balaban J connectivity index is 3.33. The summed E-state index contributed by atoms with van der Waals surface area (Å²) in [5.74, 6) is 0. The minimum Gasteiger partial charge on any atom is -0.380 e. The van der Waals surface area contributed by atoms with E-state index < -0.39 is 0 Å². The van der Waals surface area contributed by atoms with Crippen LogP contribution in [0.15, 0.2) is 0 Å². The topological polar surface area (TPSA) is 21.3 Å². The van der Waals surface area contributed by atoms with Crippen molar-refractivity contribution in [2.45, 2.75) is 52.6 Å². The molecule has 74 valence electrons. The van der Waals surface area contributed by atoms with E-state index in [1.54, 1.807) is 0 Å². The Morgan fingerprint density at radius 1 is 1.17 bits per heavy atom. The van der Waals surface area contributed by atoms with Crippen LogP contribution in [0.3, 0.4) is 0 Å².